The maximum absolute atomic E-state index is 12.9. The minimum Gasteiger partial charge on any atom is -0.478 e. The van der Waals surface area contributed by atoms with Gasteiger partial charge in [-0.1, -0.05) is 69.7 Å². The van der Waals surface area contributed by atoms with E-state index in [0.717, 1.165) is 24.0 Å². The molecule has 0 saturated heterocycles. The van der Waals surface area contributed by atoms with Crippen LogP contribution in [0.4, 0.5) is 11.5 Å². The molecular formula is C26H31N3O4S. The van der Waals surface area contributed by atoms with Crippen molar-refractivity contribution >= 4 is 27.5 Å². The molecule has 0 aliphatic rings. The lowest BCUT2D eigenvalue weighted by Crippen LogP contribution is -2.27. The molecule has 1 heterocycles. The van der Waals surface area contributed by atoms with Crippen molar-refractivity contribution in [3.63, 3.8) is 0 Å². The van der Waals surface area contributed by atoms with Gasteiger partial charge in [0.05, 0.1) is 16.8 Å². The number of anilines is 2. The number of carboxylic acid groups (broad SMARTS) is 1. The van der Waals surface area contributed by atoms with Crippen molar-refractivity contribution in [2.75, 3.05) is 16.2 Å². The highest BCUT2D eigenvalue weighted by Crippen LogP contribution is 2.26. The third-order valence-corrected chi connectivity index (χ3v) is 6.90. The first kappa shape index (κ1) is 25.2. The van der Waals surface area contributed by atoms with Crippen molar-refractivity contribution in [1.82, 2.24) is 4.98 Å². The second-order valence-electron chi connectivity index (χ2n) is 8.49. The molecule has 34 heavy (non-hydrogen) atoms. The number of unbranched alkanes of at least 4 members (excludes halogenated alkanes) is 1. The molecule has 0 spiro atoms. The molecule has 0 radical (unpaired) electrons. The Hall–Kier alpha value is -3.39. The third-order valence-electron chi connectivity index (χ3n) is 5.50. The van der Waals surface area contributed by atoms with Crippen LogP contribution in [-0.2, 0) is 16.6 Å². The van der Waals surface area contributed by atoms with Crippen molar-refractivity contribution < 1.29 is 18.3 Å². The Morgan fingerprint density at radius 3 is 2.35 bits per heavy atom. The molecule has 8 heteroatoms. The van der Waals surface area contributed by atoms with Gasteiger partial charge in [-0.3, -0.25) is 4.72 Å². The zero-order valence-electron chi connectivity index (χ0n) is 19.7. The average molecular weight is 482 g/mol. The number of pyridine rings is 1. The first-order valence-corrected chi connectivity index (χ1v) is 12.8. The van der Waals surface area contributed by atoms with Gasteiger partial charge in [0.1, 0.15) is 11.4 Å². The Morgan fingerprint density at radius 1 is 1.09 bits per heavy atom. The Balaban J connectivity index is 1.91. The lowest BCUT2D eigenvalue weighted by molar-refractivity contribution is 0.0697. The summed E-state index contributed by atoms with van der Waals surface area (Å²) in [6.45, 7) is 7.26. The summed E-state index contributed by atoms with van der Waals surface area (Å²) in [4.78, 5) is 18.5. The van der Waals surface area contributed by atoms with Crippen molar-refractivity contribution in [3.05, 3.63) is 83.6 Å². The number of carbonyl (C=O) groups is 1. The van der Waals surface area contributed by atoms with E-state index in [2.05, 4.69) is 16.6 Å². The number of sulfonamides is 1. The molecule has 2 N–H and O–H groups in total. The Bertz CT molecular complexity index is 1210. The Labute approximate surface area is 201 Å². The van der Waals surface area contributed by atoms with Crippen molar-refractivity contribution in [1.29, 1.82) is 0 Å². The number of nitrogens with one attached hydrogen (secondary N) is 1. The lowest BCUT2D eigenvalue weighted by atomic mass is 10.0. The van der Waals surface area contributed by atoms with Crippen LogP contribution in [0.2, 0.25) is 0 Å². The van der Waals surface area contributed by atoms with Crippen LogP contribution >= 0.6 is 0 Å². The van der Waals surface area contributed by atoms with Gasteiger partial charge < -0.3 is 10.0 Å². The predicted molar refractivity (Wildman–Crippen MR) is 135 cm³/mol. The van der Waals surface area contributed by atoms with E-state index >= 15 is 0 Å². The second kappa shape index (κ2) is 11.2. The van der Waals surface area contributed by atoms with Crippen LogP contribution in [-0.4, -0.2) is 31.0 Å². The molecule has 7 nitrogen and oxygen atoms in total. The van der Waals surface area contributed by atoms with E-state index < -0.39 is 16.0 Å². The maximum atomic E-state index is 12.9. The summed E-state index contributed by atoms with van der Waals surface area (Å²) in [6, 6.07) is 17.7. The first-order valence-electron chi connectivity index (χ1n) is 11.4. The zero-order valence-corrected chi connectivity index (χ0v) is 20.5. The van der Waals surface area contributed by atoms with E-state index in [0.29, 0.717) is 18.9 Å². The standard InChI is InChI=1S/C26H31N3O4S/c1-4-5-15-29(18-20-9-7-6-8-10-20)25-24(26(30)31)16-22(17-27-25)28-34(32,33)23-13-11-21(12-14-23)19(2)3/h6-14,16-17,19,28H,4-5,15,18H2,1-3H3,(H,30,31). The summed E-state index contributed by atoms with van der Waals surface area (Å²) in [7, 11) is -3.89. The smallest absolute Gasteiger partial charge is 0.339 e. The number of nitrogens with zero attached hydrogens (tertiary/aromatic N) is 2. The van der Waals surface area contributed by atoms with Crippen molar-refractivity contribution in [2.24, 2.45) is 0 Å². The SMILES string of the molecule is CCCCN(Cc1ccccc1)c1ncc(NS(=O)(=O)c2ccc(C(C)C)cc2)cc1C(=O)O. The normalized spacial score (nSPS) is 11.4. The van der Waals surface area contributed by atoms with Crippen LogP contribution in [0.25, 0.3) is 0 Å². The molecule has 180 valence electrons. The van der Waals surface area contributed by atoms with E-state index in [1.807, 2.05) is 49.1 Å². The Kier molecular flexibility index (Phi) is 8.28. The molecule has 3 aromatic rings. The van der Waals surface area contributed by atoms with Gasteiger partial charge in [0.2, 0.25) is 0 Å². The molecule has 0 saturated carbocycles. The summed E-state index contributed by atoms with van der Waals surface area (Å²) in [5.74, 6) is -0.570. The number of benzene rings is 2. The monoisotopic (exact) mass is 481 g/mol. The van der Waals surface area contributed by atoms with Crippen LogP contribution in [0.15, 0.2) is 71.8 Å². The quantitative estimate of drug-likeness (QED) is 0.375. The number of aromatic carboxylic acids is 1. The number of hydrogen-bond donors (Lipinski definition) is 2. The van der Waals surface area contributed by atoms with Gasteiger partial charge in [-0.2, -0.15) is 0 Å². The van der Waals surface area contributed by atoms with Crippen molar-refractivity contribution in [3.8, 4) is 0 Å². The minimum absolute atomic E-state index is 0.0533. The number of hydrogen-bond acceptors (Lipinski definition) is 5. The zero-order chi connectivity index (χ0) is 24.7. The summed E-state index contributed by atoms with van der Waals surface area (Å²) in [6.07, 6.45) is 3.18. The van der Waals surface area contributed by atoms with E-state index in [9.17, 15) is 18.3 Å². The van der Waals surface area contributed by atoms with E-state index in [1.54, 1.807) is 24.3 Å². The van der Waals surface area contributed by atoms with Crippen LogP contribution in [0.1, 0.15) is 61.0 Å². The molecule has 0 aliphatic heterocycles. The molecule has 0 unspecified atom stereocenters. The molecule has 0 amide bonds. The van der Waals surface area contributed by atoms with E-state index in [1.165, 1.54) is 12.3 Å². The van der Waals surface area contributed by atoms with Crippen LogP contribution in [0.5, 0.6) is 0 Å². The summed E-state index contributed by atoms with van der Waals surface area (Å²) < 4.78 is 28.2. The van der Waals surface area contributed by atoms with Gasteiger partial charge in [0.25, 0.3) is 10.0 Å². The first-order chi connectivity index (χ1) is 16.2. The molecule has 0 bridgehead atoms. The largest absolute Gasteiger partial charge is 0.478 e. The van der Waals surface area contributed by atoms with Gasteiger partial charge in [0, 0.05) is 13.1 Å². The molecule has 0 atom stereocenters. The van der Waals surface area contributed by atoms with Crippen LogP contribution in [0, 0.1) is 0 Å². The molecule has 2 aromatic carbocycles. The van der Waals surface area contributed by atoms with E-state index in [4.69, 9.17) is 0 Å². The molecule has 0 aliphatic carbocycles. The highest BCUT2D eigenvalue weighted by Gasteiger charge is 2.21. The molecule has 1 aromatic heterocycles. The van der Waals surface area contributed by atoms with Crippen LogP contribution in [0.3, 0.4) is 0 Å². The molecule has 3 rings (SSSR count). The van der Waals surface area contributed by atoms with Gasteiger partial charge >= 0.3 is 5.97 Å². The molecule has 0 fully saturated rings. The fraction of sp³-hybridized carbons (Fsp3) is 0.308. The second-order valence-corrected chi connectivity index (χ2v) is 10.2. The van der Waals surface area contributed by atoms with Crippen LogP contribution < -0.4 is 9.62 Å². The maximum Gasteiger partial charge on any atom is 0.339 e. The predicted octanol–water partition coefficient (Wildman–Crippen LogP) is 5.51. The van der Waals surface area contributed by atoms with E-state index in [-0.39, 0.29) is 22.1 Å². The number of aromatic nitrogens is 1. The highest BCUT2D eigenvalue weighted by atomic mass is 32.2. The van der Waals surface area contributed by atoms with Crippen molar-refractivity contribution in [2.45, 2.75) is 51.0 Å². The van der Waals surface area contributed by atoms with Gasteiger partial charge in [-0.15, -0.1) is 0 Å². The highest BCUT2D eigenvalue weighted by molar-refractivity contribution is 7.92. The average Bonchev–Trinajstić information content (AvgIpc) is 2.82. The number of carboxylic acids is 1. The minimum atomic E-state index is -3.89. The summed E-state index contributed by atoms with van der Waals surface area (Å²) >= 11 is 0. The molecular weight excluding hydrogens is 450 g/mol. The number of rotatable bonds is 11. The topological polar surface area (TPSA) is 99.6 Å². The van der Waals surface area contributed by atoms with Gasteiger partial charge in [-0.25, -0.2) is 18.2 Å². The van der Waals surface area contributed by atoms with Gasteiger partial charge in [-0.05, 0) is 41.7 Å². The lowest BCUT2D eigenvalue weighted by Gasteiger charge is -2.25. The third kappa shape index (κ3) is 6.35. The Morgan fingerprint density at radius 2 is 1.76 bits per heavy atom. The summed E-state index contributed by atoms with van der Waals surface area (Å²) in [5, 5.41) is 9.88. The van der Waals surface area contributed by atoms with Gasteiger partial charge in [0.15, 0.2) is 0 Å². The fourth-order valence-electron chi connectivity index (χ4n) is 3.58. The fourth-order valence-corrected chi connectivity index (χ4v) is 4.62. The summed E-state index contributed by atoms with van der Waals surface area (Å²) in [5.41, 5.74) is 2.11.